The van der Waals surface area contributed by atoms with E-state index in [0.29, 0.717) is 11.4 Å². The SMILES string of the molecule is C=CCO[C@@H]1CC2(CCSS2)C[C@@H](O[Si](C)(C)C(C)(C)C)C1=C. The summed E-state index contributed by atoms with van der Waals surface area (Å²) in [4.78, 5) is 0. The zero-order chi connectivity index (χ0) is 17.3. The molecule has 23 heavy (non-hydrogen) atoms. The molecule has 3 atom stereocenters. The summed E-state index contributed by atoms with van der Waals surface area (Å²) in [6.07, 6.45) is 5.46. The third kappa shape index (κ3) is 4.49. The van der Waals surface area contributed by atoms with Crippen molar-refractivity contribution in [1.82, 2.24) is 0 Å². The topological polar surface area (TPSA) is 18.5 Å². The molecule has 0 aromatic carbocycles. The summed E-state index contributed by atoms with van der Waals surface area (Å²) in [5.74, 6) is 1.23. The van der Waals surface area contributed by atoms with Crippen LogP contribution in [-0.4, -0.2) is 37.6 Å². The fourth-order valence-corrected chi connectivity index (χ4v) is 7.71. The molecule has 132 valence electrons. The molecule has 1 spiro atoms. The third-order valence-corrected chi connectivity index (χ3v) is 13.3. The highest BCUT2D eigenvalue weighted by molar-refractivity contribution is 8.77. The van der Waals surface area contributed by atoms with Crippen molar-refractivity contribution in [3.05, 3.63) is 24.8 Å². The Hall–Kier alpha value is 0.317. The van der Waals surface area contributed by atoms with E-state index in [9.17, 15) is 0 Å². The fourth-order valence-electron chi connectivity index (χ4n) is 2.94. The van der Waals surface area contributed by atoms with Gasteiger partial charge in [-0.25, -0.2) is 0 Å². The minimum atomic E-state index is -1.82. The van der Waals surface area contributed by atoms with Gasteiger partial charge in [-0.2, -0.15) is 0 Å². The van der Waals surface area contributed by atoms with Gasteiger partial charge < -0.3 is 9.16 Å². The zero-order valence-electron chi connectivity index (χ0n) is 15.3. The molecule has 1 heterocycles. The Kier molecular flexibility index (Phi) is 6.22. The summed E-state index contributed by atoms with van der Waals surface area (Å²) < 4.78 is 13.1. The van der Waals surface area contributed by atoms with Gasteiger partial charge in [0.15, 0.2) is 8.32 Å². The van der Waals surface area contributed by atoms with E-state index in [-0.39, 0.29) is 17.2 Å². The van der Waals surface area contributed by atoms with Crippen LogP contribution in [0.2, 0.25) is 18.1 Å². The molecule has 0 radical (unpaired) electrons. The van der Waals surface area contributed by atoms with Crippen LogP contribution in [0.15, 0.2) is 24.8 Å². The van der Waals surface area contributed by atoms with E-state index in [1.165, 1.54) is 12.2 Å². The normalized spacial score (nSPS) is 32.5. The van der Waals surface area contributed by atoms with Gasteiger partial charge in [0.05, 0.1) is 18.8 Å². The number of hydrogen-bond donors (Lipinski definition) is 0. The molecular weight excluding hydrogens is 340 g/mol. The molecular formula is C18H32O2S2Si. The van der Waals surface area contributed by atoms with Crippen molar-refractivity contribution in [1.29, 1.82) is 0 Å². The van der Waals surface area contributed by atoms with Crippen molar-refractivity contribution in [2.24, 2.45) is 0 Å². The predicted octanol–water partition coefficient (Wildman–Crippen LogP) is 5.82. The Balaban J connectivity index is 2.18. The average molecular weight is 373 g/mol. The molecule has 1 aliphatic carbocycles. The number of hydrogen-bond acceptors (Lipinski definition) is 4. The van der Waals surface area contributed by atoms with Gasteiger partial charge in [-0.15, -0.1) is 6.58 Å². The van der Waals surface area contributed by atoms with Gasteiger partial charge in [0.1, 0.15) is 0 Å². The lowest BCUT2D eigenvalue weighted by Crippen LogP contribution is -2.50. The molecule has 0 aromatic heterocycles. The Morgan fingerprint density at radius 3 is 2.48 bits per heavy atom. The van der Waals surface area contributed by atoms with Gasteiger partial charge in [0.2, 0.25) is 0 Å². The molecule has 1 saturated heterocycles. The molecule has 1 saturated carbocycles. The Labute approximate surface area is 151 Å². The van der Waals surface area contributed by atoms with Gasteiger partial charge in [-0.3, -0.25) is 0 Å². The average Bonchev–Trinajstić information content (AvgIpc) is 2.87. The van der Waals surface area contributed by atoms with E-state index in [1.54, 1.807) is 0 Å². The summed E-state index contributed by atoms with van der Waals surface area (Å²) in [6.45, 7) is 20.3. The van der Waals surface area contributed by atoms with E-state index < -0.39 is 8.32 Å². The van der Waals surface area contributed by atoms with Gasteiger partial charge in [-0.05, 0) is 43.0 Å². The van der Waals surface area contributed by atoms with E-state index in [1.807, 2.05) is 27.7 Å². The molecule has 2 aliphatic rings. The largest absolute Gasteiger partial charge is 0.410 e. The van der Waals surface area contributed by atoms with Crippen molar-refractivity contribution in [2.45, 2.75) is 75.1 Å². The molecule has 2 nitrogen and oxygen atoms in total. The second-order valence-corrected chi connectivity index (χ2v) is 15.9. The molecule has 1 unspecified atom stereocenters. The highest BCUT2D eigenvalue weighted by Crippen LogP contribution is 2.56. The third-order valence-electron chi connectivity index (χ3n) is 5.48. The second kappa shape index (κ2) is 7.28. The number of ether oxygens (including phenoxy) is 1. The van der Waals surface area contributed by atoms with Crippen LogP contribution in [0.5, 0.6) is 0 Å². The Morgan fingerprint density at radius 2 is 1.96 bits per heavy atom. The van der Waals surface area contributed by atoms with Crippen molar-refractivity contribution in [2.75, 3.05) is 12.4 Å². The summed E-state index contributed by atoms with van der Waals surface area (Å²) in [5, 5.41) is 0.215. The molecule has 0 aromatic rings. The zero-order valence-corrected chi connectivity index (χ0v) is 17.9. The molecule has 2 fully saturated rings. The number of rotatable bonds is 5. The summed E-state index contributed by atoms with van der Waals surface area (Å²) in [7, 11) is 2.23. The lowest BCUT2D eigenvalue weighted by Gasteiger charge is -2.47. The fraction of sp³-hybridized carbons (Fsp3) is 0.778. The first-order chi connectivity index (χ1) is 10.6. The van der Waals surface area contributed by atoms with Gasteiger partial charge in [0, 0.05) is 10.5 Å². The minimum Gasteiger partial charge on any atom is -0.410 e. The standard InChI is InChI=1S/C18H32O2S2Si/c1-8-10-19-15-12-18(9-11-21-22-18)13-16(14(15)2)20-23(6,7)17(3,4)5/h8,15-16H,1-2,9-13H2,3-7H3/t15-,16-,18?/m1/s1. The molecule has 0 amide bonds. The molecule has 5 heteroatoms. The Morgan fingerprint density at radius 1 is 1.30 bits per heavy atom. The van der Waals surface area contributed by atoms with Gasteiger partial charge in [-0.1, -0.05) is 55.0 Å². The van der Waals surface area contributed by atoms with Crippen molar-refractivity contribution in [3.63, 3.8) is 0 Å². The predicted molar refractivity (Wildman–Crippen MR) is 108 cm³/mol. The maximum absolute atomic E-state index is 6.76. The first-order valence-electron chi connectivity index (χ1n) is 8.50. The van der Waals surface area contributed by atoms with E-state index in [2.05, 4.69) is 47.0 Å². The maximum atomic E-state index is 6.76. The minimum absolute atomic E-state index is 0.0997. The van der Waals surface area contributed by atoms with Crippen LogP contribution in [0.25, 0.3) is 0 Å². The molecule has 2 rings (SSSR count). The highest BCUT2D eigenvalue weighted by atomic mass is 33.1. The van der Waals surface area contributed by atoms with Gasteiger partial charge >= 0.3 is 0 Å². The molecule has 0 bridgehead atoms. The Bertz CT molecular complexity index is 450. The van der Waals surface area contributed by atoms with E-state index in [0.717, 1.165) is 18.4 Å². The van der Waals surface area contributed by atoms with Crippen LogP contribution in [0, 0.1) is 0 Å². The summed E-state index contributed by atoms with van der Waals surface area (Å²) in [5.41, 5.74) is 1.14. The van der Waals surface area contributed by atoms with Crippen LogP contribution in [0.3, 0.4) is 0 Å². The maximum Gasteiger partial charge on any atom is 0.192 e. The highest BCUT2D eigenvalue weighted by Gasteiger charge is 2.49. The molecule has 1 aliphatic heterocycles. The van der Waals surface area contributed by atoms with Crippen molar-refractivity contribution >= 4 is 29.9 Å². The first kappa shape index (κ1) is 19.6. The van der Waals surface area contributed by atoms with Crippen molar-refractivity contribution < 1.29 is 9.16 Å². The monoisotopic (exact) mass is 372 g/mol. The van der Waals surface area contributed by atoms with Crippen LogP contribution < -0.4 is 0 Å². The summed E-state index contributed by atoms with van der Waals surface area (Å²) in [6, 6.07) is 0. The molecule has 0 N–H and O–H groups in total. The smallest absolute Gasteiger partial charge is 0.192 e. The first-order valence-corrected chi connectivity index (χ1v) is 13.7. The van der Waals surface area contributed by atoms with Gasteiger partial charge in [0.25, 0.3) is 0 Å². The summed E-state index contributed by atoms with van der Waals surface area (Å²) >= 11 is 0. The quantitative estimate of drug-likeness (QED) is 0.343. The lowest BCUT2D eigenvalue weighted by molar-refractivity contribution is 0.0366. The van der Waals surface area contributed by atoms with Crippen LogP contribution in [0.1, 0.15) is 40.0 Å². The second-order valence-electron chi connectivity index (χ2n) is 8.30. The van der Waals surface area contributed by atoms with Crippen LogP contribution in [0.4, 0.5) is 0 Å². The van der Waals surface area contributed by atoms with Crippen molar-refractivity contribution in [3.8, 4) is 0 Å². The van der Waals surface area contributed by atoms with E-state index in [4.69, 9.17) is 9.16 Å². The van der Waals surface area contributed by atoms with Crippen LogP contribution >= 0.6 is 21.6 Å². The van der Waals surface area contributed by atoms with Crippen LogP contribution in [-0.2, 0) is 9.16 Å². The van der Waals surface area contributed by atoms with E-state index >= 15 is 0 Å². The lowest BCUT2D eigenvalue weighted by atomic mass is 9.80.